The third-order valence-electron chi connectivity index (χ3n) is 4.28. The molecule has 1 aliphatic rings. The zero-order chi connectivity index (χ0) is 17.5. The molecule has 134 valence electrons. The van der Waals surface area contributed by atoms with Crippen LogP contribution in [0.15, 0.2) is 23.2 Å². The van der Waals surface area contributed by atoms with Crippen LogP contribution in [-0.4, -0.2) is 36.8 Å². The Morgan fingerprint density at radius 1 is 1.42 bits per heavy atom. The van der Waals surface area contributed by atoms with Gasteiger partial charge in [-0.15, -0.1) is 0 Å². The van der Waals surface area contributed by atoms with Crippen molar-refractivity contribution in [2.24, 2.45) is 16.6 Å². The van der Waals surface area contributed by atoms with Crippen molar-refractivity contribution in [2.75, 3.05) is 24.5 Å². The number of anilines is 1. The van der Waals surface area contributed by atoms with Gasteiger partial charge in [-0.25, -0.2) is 9.38 Å². The van der Waals surface area contributed by atoms with Gasteiger partial charge in [0, 0.05) is 19.6 Å². The van der Waals surface area contributed by atoms with Gasteiger partial charge < -0.3 is 21.1 Å². The minimum Gasteiger partial charge on any atom is -0.393 e. The Balaban J connectivity index is 1.89. The molecule has 1 aromatic carbocycles. The van der Waals surface area contributed by atoms with Crippen LogP contribution in [0.5, 0.6) is 0 Å². The lowest BCUT2D eigenvalue weighted by atomic mass is 10.1. The van der Waals surface area contributed by atoms with Gasteiger partial charge in [-0.05, 0) is 42.9 Å². The van der Waals surface area contributed by atoms with Crippen LogP contribution in [0.4, 0.5) is 10.1 Å². The van der Waals surface area contributed by atoms with Crippen molar-refractivity contribution in [1.82, 2.24) is 5.32 Å². The van der Waals surface area contributed by atoms with Gasteiger partial charge in [0.15, 0.2) is 5.96 Å². The van der Waals surface area contributed by atoms with Crippen molar-refractivity contribution in [3.8, 4) is 0 Å². The first-order chi connectivity index (χ1) is 11.5. The van der Waals surface area contributed by atoms with Crippen LogP contribution < -0.4 is 16.0 Å². The van der Waals surface area contributed by atoms with E-state index in [4.69, 9.17) is 5.73 Å². The molecule has 1 aromatic rings. The predicted molar refractivity (Wildman–Crippen MR) is 96.6 cm³/mol. The van der Waals surface area contributed by atoms with E-state index in [-0.39, 0.29) is 11.9 Å². The molecule has 4 N–H and O–H groups in total. The van der Waals surface area contributed by atoms with E-state index in [9.17, 15) is 9.50 Å². The number of aliphatic hydroxyl groups is 1. The van der Waals surface area contributed by atoms with Crippen LogP contribution in [0, 0.1) is 11.7 Å². The summed E-state index contributed by atoms with van der Waals surface area (Å²) in [7, 11) is 0. The van der Waals surface area contributed by atoms with Crippen LogP contribution in [0.25, 0.3) is 0 Å². The third-order valence-corrected chi connectivity index (χ3v) is 4.28. The van der Waals surface area contributed by atoms with Gasteiger partial charge >= 0.3 is 0 Å². The van der Waals surface area contributed by atoms with Gasteiger partial charge in [-0.2, -0.15) is 0 Å². The molecule has 0 saturated carbocycles. The summed E-state index contributed by atoms with van der Waals surface area (Å²) in [4.78, 5) is 6.24. The van der Waals surface area contributed by atoms with Gasteiger partial charge in [0.05, 0.1) is 18.3 Å². The van der Waals surface area contributed by atoms with Crippen molar-refractivity contribution < 1.29 is 9.50 Å². The topological polar surface area (TPSA) is 73.9 Å². The van der Waals surface area contributed by atoms with Crippen molar-refractivity contribution in [1.29, 1.82) is 0 Å². The molecule has 1 aliphatic heterocycles. The van der Waals surface area contributed by atoms with Gasteiger partial charge in [0.1, 0.15) is 5.82 Å². The first-order valence-corrected chi connectivity index (χ1v) is 8.71. The number of nitrogens with two attached hydrogens (primary N) is 1. The predicted octanol–water partition coefficient (Wildman–Crippen LogP) is 2.24. The van der Waals surface area contributed by atoms with Crippen LogP contribution in [0.3, 0.4) is 0 Å². The number of benzene rings is 1. The summed E-state index contributed by atoms with van der Waals surface area (Å²) in [5.74, 6) is 0.762. The second-order valence-corrected chi connectivity index (χ2v) is 6.81. The number of hydrogen-bond acceptors (Lipinski definition) is 3. The minimum atomic E-state index is -0.260. The number of nitrogens with one attached hydrogen (secondary N) is 1. The number of aliphatic hydroxyl groups excluding tert-OH is 1. The highest BCUT2D eigenvalue weighted by Crippen LogP contribution is 2.24. The molecule has 2 rings (SSSR count). The number of halogens is 1. The average molecular weight is 336 g/mol. The molecule has 0 bridgehead atoms. The number of nitrogens with zero attached hydrogens (tertiary/aromatic N) is 2. The zero-order valence-electron chi connectivity index (χ0n) is 14.6. The second-order valence-electron chi connectivity index (χ2n) is 6.81. The number of guanidine groups is 1. The van der Waals surface area contributed by atoms with Crippen molar-refractivity contribution in [3.63, 3.8) is 0 Å². The lowest BCUT2D eigenvalue weighted by molar-refractivity contribution is 0.145. The van der Waals surface area contributed by atoms with E-state index in [0.717, 1.165) is 18.5 Å². The minimum absolute atomic E-state index is 0.245. The van der Waals surface area contributed by atoms with E-state index in [0.29, 0.717) is 50.0 Å². The van der Waals surface area contributed by atoms with E-state index in [1.807, 2.05) is 11.0 Å². The molecule has 6 heteroatoms. The van der Waals surface area contributed by atoms with E-state index in [1.165, 1.54) is 6.07 Å². The fourth-order valence-electron chi connectivity index (χ4n) is 2.73. The second kappa shape index (κ2) is 8.87. The summed E-state index contributed by atoms with van der Waals surface area (Å²) < 4.78 is 14.3. The summed E-state index contributed by atoms with van der Waals surface area (Å²) >= 11 is 0. The standard InChI is InChI=1S/C18H29FN4O/c1-13(2)5-8-21-18(20)22-12-14-3-4-17(16(19)11-14)23-9-6-15(24)7-10-23/h3-4,11,13,15,24H,5-10,12H2,1-2H3,(H3,20,21,22). The van der Waals surface area contributed by atoms with Crippen LogP contribution in [0.1, 0.15) is 38.7 Å². The Hall–Kier alpha value is -1.82. The SMILES string of the molecule is CC(C)CCNC(N)=NCc1ccc(N2CCC(O)CC2)c(F)c1. The van der Waals surface area contributed by atoms with E-state index >= 15 is 0 Å². The Labute approximate surface area is 143 Å². The number of aliphatic imine (C=N–C) groups is 1. The fourth-order valence-corrected chi connectivity index (χ4v) is 2.73. The molecule has 24 heavy (non-hydrogen) atoms. The summed E-state index contributed by atoms with van der Waals surface area (Å²) in [5, 5.41) is 12.6. The molecule has 0 radical (unpaired) electrons. The average Bonchev–Trinajstić information content (AvgIpc) is 2.54. The third kappa shape index (κ3) is 5.67. The zero-order valence-corrected chi connectivity index (χ0v) is 14.6. The van der Waals surface area contributed by atoms with E-state index in [1.54, 1.807) is 6.07 Å². The van der Waals surface area contributed by atoms with Gasteiger partial charge in [-0.1, -0.05) is 19.9 Å². The van der Waals surface area contributed by atoms with Crippen LogP contribution >= 0.6 is 0 Å². The van der Waals surface area contributed by atoms with Crippen molar-refractivity contribution in [3.05, 3.63) is 29.6 Å². The molecule has 0 unspecified atom stereocenters. The summed E-state index contributed by atoms with van der Waals surface area (Å²) in [6.07, 6.45) is 2.14. The molecule has 1 heterocycles. The first-order valence-electron chi connectivity index (χ1n) is 8.71. The number of piperidine rings is 1. The van der Waals surface area contributed by atoms with Gasteiger partial charge in [-0.3, -0.25) is 0 Å². The Morgan fingerprint density at radius 2 is 2.12 bits per heavy atom. The monoisotopic (exact) mass is 336 g/mol. The molecule has 1 fully saturated rings. The normalized spacial score (nSPS) is 16.7. The highest BCUT2D eigenvalue weighted by atomic mass is 19.1. The molecule has 5 nitrogen and oxygen atoms in total. The maximum absolute atomic E-state index is 14.3. The molecular weight excluding hydrogens is 307 g/mol. The first kappa shape index (κ1) is 18.5. The summed E-state index contributed by atoms with van der Waals surface area (Å²) in [6.45, 7) is 6.83. The maximum atomic E-state index is 14.3. The Kier molecular flexibility index (Phi) is 6.85. The molecule has 0 aliphatic carbocycles. The summed E-state index contributed by atoms with van der Waals surface area (Å²) in [6, 6.07) is 5.19. The van der Waals surface area contributed by atoms with Crippen molar-refractivity contribution in [2.45, 2.75) is 45.8 Å². The molecule has 0 atom stereocenters. The largest absolute Gasteiger partial charge is 0.393 e. The maximum Gasteiger partial charge on any atom is 0.188 e. The smallest absolute Gasteiger partial charge is 0.188 e. The lowest BCUT2D eigenvalue weighted by Gasteiger charge is -2.31. The fraction of sp³-hybridized carbons (Fsp3) is 0.611. The van der Waals surface area contributed by atoms with E-state index in [2.05, 4.69) is 24.2 Å². The molecule has 0 spiro atoms. The van der Waals surface area contributed by atoms with Crippen LogP contribution in [0.2, 0.25) is 0 Å². The Bertz CT molecular complexity index is 554. The highest BCUT2D eigenvalue weighted by Gasteiger charge is 2.19. The summed E-state index contributed by atoms with van der Waals surface area (Å²) in [5.41, 5.74) is 7.21. The Morgan fingerprint density at radius 3 is 2.75 bits per heavy atom. The molecular formula is C18H29FN4O. The lowest BCUT2D eigenvalue weighted by Crippen LogP contribution is -2.36. The number of rotatable bonds is 6. The quantitative estimate of drug-likeness (QED) is 0.550. The molecule has 0 aromatic heterocycles. The van der Waals surface area contributed by atoms with Gasteiger partial charge in [0.25, 0.3) is 0 Å². The van der Waals surface area contributed by atoms with E-state index < -0.39 is 0 Å². The molecule has 0 amide bonds. The number of hydrogen-bond donors (Lipinski definition) is 3. The van der Waals surface area contributed by atoms with Gasteiger partial charge in [0.2, 0.25) is 0 Å². The van der Waals surface area contributed by atoms with Crippen molar-refractivity contribution >= 4 is 11.6 Å². The molecule has 1 saturated heterocycles. The van der Waals surface area contributed by atoms with Crippen LogP contribution in [-0.2, 0) is 6.54 Å². The highest BCUT2D eigenvalue weighted by molar-refractivity contribution is 5.77.